The van der Waals surface area contributed by atoms with Crippen LogP contribution in [0.5, 0.6) is 0 Å². The molecule has 7 rings (SSSR count). The number of nitrogens with zero attached hydrogens (tertiary/aromatic N) is 1. The lowest BCUT2D eigenvalue weighted by Crippen LogP contribution is -2.55. The van der Waals surface area contributed by atoms with Crippen molar-refractivity contribution >= 4 is 23.1 Å². The van der Waals surface area contributed by atoms with Gasteiger partial charge in [0.15, 0.2) is 0 Å². The predicted octanol–water partition coefficient (Wildman–Crippen LogP) is 6.47. The molecular formula is C32H36N2O2. The Morgan fingerprint density at radius 3 is 2.67 bits per heavy atom. The van der Waals surface area contributed by atoms with Gasteiger partial charge < -0.3 is 5.32 Å². The van der Waals surface area contributed by atoms with Gasteiger partial charge in [0.05, 0.1) is 0 Å². The highest BCUT2D eigenvalue weighted by molar-refractivity contribution is 6.07. The molecule has 2 aromatic rings. The SMILES string of the molecule is C[C@]12CCC(=O)CC1=NC[C@@H]1[C@H]2CC[C@]2(C)C(C(=O)Nc3cccc4c3Cc3ccccc3-4)CC[C@@H]12. The maximum atomic E-state index is 13.9. The second kappa shape index (κ2) is 7.87. The minimum atomic E-state index is 0.0278. The summed E-state index contributed by atoms with van der Waals surface area (Å²) in [5, 5.41) is 3.40. The Morgan fingerprint density at radius 2 is 1.78 bits per heavy atom. The molecular weight excluding hydrogens is 444 g/mol. The monoisotopic (exact) mass is 480 g/mol. The van der Waals surface area contributed by atoms with Gasteiger partial charge in [-0.25, -0.2) is 0 Å². The average Bonchev–Trinajstić information content (AvgIpc) is 3.43. The number of carbonyl (C=O) groups excluding carboxylic acids is 2. The first-order valence-corrected chi connectivity index (χ1v) is 13.9. The van der Waals surface area contributed by atoms with E-state index in [1.807, 2.05) is 0 Å². The van der Waals surface area contributed by atoms with E-state index in [1.54, 1.807) is 0 Å². The number of carbonyl (C=O) groups is 2. The van der Waals surface area contributed by atoms with E-state index >= 15 is 0 Å². The minimum absolute atomic E-state index is 0.0278. The fourth-order valence-corrected chi connectivity index (χ4v) is 9.13. The number of aliphatic imine (C=N–C) groups is 1. The molecule has 0 aromatic heterocycles. The predicted molar refractivity (Wildman–Crippen MR) is 143 cm³/mol. The first kappa shape index (κ1) is 22.4. The first-order valence-electron chi connectivity index (χ1n) is 13.9. The van der Waals surface area contributed by atoms with Crippen LogP contribution in [0.25, 0.3) is 11.1 Å². The molecule has 6 atom stereocenters. The van der Waals surface area contributed by atoms with Gasteiger partial charge in [-0.2, -0.15) is 0 Å². The van der Waals surface area contributed by atoms with Crippen LogP contribution >= 0.6 is 0 Å². The summed E-state index contributed by atoms with van der Waals surface area (Å²) in [5.41, 5.74) is 7.42. The molecule has 1 N–H and O–H groups in total. The molecule has 1 aliphatic heterocycles. The summed E-state index contributed by atoms with van der Waals surface area (Å²) in [6.45, 7) is 5.62. The minimum Gasteiger partial charge on any atom is -0.326 e. The zero-order chi connectivity index (χ0) is 24.7. The molecule has 0 saturated heterocycles. The lowest BCUT2D eigenvalue weighted by molar-refractivity contribution is -0.127. The Morgan fingerprint density at radius 1 is 0.944 bits per heavy atom. The van der Waals surface area contributed by atoms with E-state index in [0.717, 1.165) is 50.8 Å². The van der Waals surface area contributed by atoms with Crippen LogP contribution in [0.4, 0.5) is 5.69 Å². The average molecular weight is 481 g/mol. The van der Waals surface area contributed by atoms with Crippen LogP contribution in [0.3, 0.4) is 0 Å². The smallest absolute Gasteiger partial charge is 0.228 e. The second-order valence-electron chi connectivity index (χ2n) is 12.6. The molecule has 4 nitrogen and oxygen atoms in total. The zero-order valence-corrected chi connectivity index (χ0v) is 21.5. The van der Waals surface area contributed by atoms with Crippen molar-refractivity contribution < 1.29 is 9.59 Å². The van der Waals surface area contributed by atoms with Crippen LogP contribution in [-0.2, 0) is 16.0 Å². The van der Waals surface area contributed by atoms with Crippen molar-refractivity contribution in [1.82, 2.24) is 0 Å². The number of benzene rings is 2. The molecule has 2 aromatic carbocycles. The van der Waals surface area contributed by atoms with Crippen molar-refractivity contribution in [2.45, 2.75) is 65.2 Å². The number of nitrogens with one attached hydrogen (secondary N) is 1. The molecule has 0 spiro atoms. The lowest BCUT2D eigenvalue weighted by atomic mass is 9.49. The third-order valence-electron chi connectivity index (χ3n) is 11.1. The van der Waals surface area contributed by atoms with Crippen molar-refractivity contribution in [3.8, 4) is 11.1 Å². The van der Waals surface area contributed by atoms with Crippen LogP contribution in [0, 0.1) is 34.5 Å². The van der Waals surface area contributed by atoms with Gasteiger partial charge in [-0.1, -0.05) is 50.2 Å². The Bertz CT molecular complexity index is 1310. The van der Waals surface area contributed by atoms with Crippen molar-refractivity contribution in [3.63, 3.8) is 0 Å². The Kier molecular flexibility index (Phi) is 4.91. The normalized spacial score (nSPS) is 36.2. The van der Waals surface area contributed by atoms with Gasteiger partial charge in [0.2, 0.25) is 5.91 Å². The molecule has 186 valence electrons. The number of ketones is 1. The molecule has 0 radical (unpaired) electrons. The second-order valence-corrected chi connectivity index (χ2v) is 12.6. The number of rotatable bonds is 2. The number of fused-ring (bicyclic) bond motifs is 8. The van der Waals surface area contributed by atoms with Crippen LogP contribution in [0.15, 0.2) is 47.5 Å². The van der Waals surface area contributed by atoms with Crippen molar-refractivity contribution in [2.24, 2.45) is 39.5 Å². The number of hydrogen-bond donors (Lipinski definition) is 1. The van der Waals surface area contributed by atoms with E-state index in [1.165, 1.54) is 28.0 Å². The fourth-order valence-electron chi connectivity index (χ4n) is 9.13. The Labute approximate surface area is 214 Å². The number of Topliss-reactive ketones (excluding diaryl/α,β-unsaturated/α-hetero) is 1. The van der Waals surface area contributed by atoms with Crippen molar-refractivity contribution in [3.05, 3.63) is 53.6 Å². The highest BCUT2D eigenvalue weighted by Gasteiger charge is 2.60. The van der Waals surface area contributed by atoms with Gasteiger partial charge in [-0.15, -0.1) is 0 Å². The highest BCUT2D eigenvalue weighted by Crippen LogP contribution is 2.63. The first-order chi connectivity index (χ1) is 17.4. The summed E-state index contributed by atoms with van der Waals surface area (Å²) in [7, 11) is 0. The summed E-state index contributed by atoms with van der Waals surface area (Å²) < 4.78 is 0. The van der Waals surface area contributed by atoms with E-state index in [0.29, 0.717) is 36.4 Å². The van der Waals surface area contributed by atoms with Crippen LogP contribution < -0.4 is 5.32 Å². The molecule has 4 heteroatoms. The fraction of sp³-hybridized carbons (Fsp3) is 0.531. The standard InChI is InChI=1S/C32H36N2O2/c1-31-15-13-26-24(18-33-29-17-20(35)12-14-32(26,29)2)25(31)10-11-27(31)30(36)34-28-9-5-8-22-21-7-4-3-6-19(21)16-23(22)28/h3-9,24-27H,10-18H2,1-2H3,(H,34,36)/t24-,25-,26+,27?,31-,32+/m0/s1. The number of anilines is 1. The van der Waals surface area contributed by atoms with Gasteiger partial charge in [0, 0.05) is 48.5 Å². The van der Waals surface area contributed by atoms with Gasteiger partial charge in [-0.05, 0) is 83.6 Å². The largest absolute Gasteiger partial charge is 0.326 e. The van der Waals surface area contributed by atoms with Crippen molar-refractivity contribution in [2.75, 3.05) is 11.9 Å². The molecule has 1 amide bonds. The van der Waals surface area contributed by atoms with Gasteiger partial charge in [0.25, 0.3) is 0 Å². The van der Waals surface area contributed by atoms with E-state index < -0.39 is 0 Å². The van der Waals surface area contributed by atoms with Gasteiger partial charge in [-0.3, -0.25) is 14.6 Å². The maximum absolute atomic E-state index is 13.9. The lowest BCUT2D eigenvalue weighted by Gasteiger charge is -2.56. The number of amides is 1. The molecule has 1 heterocycles. The molecule has 3 fully saturated rings. The Hall–Kier alpha value is -2.75. The van der Waals surface area contributed by atoms with Gasteiger partial charge in [0.1, 0.15) is 5.78 Å². The molecule has 3 saturated carbocycles. The van der Waals surface area contributed by atoms with E-state index in [2.05, 4.69) is 61.6 Å². The topological polar surface area (TPSA) is 58.5 Å². The quantitative estimate of drug-likeness (QED) is 0.457. The third kappa shape index (κ3) is 3.09. The zero-order valence-electron chi connectivity index (χ0n) is 21.5. The third-order valence-corrected chi connectivity index (χ3v) is 11.1. The highest BCUT2D eigenvalue weighted by atomic mass is 16.2. The van der Waals surface area contributed by atoms with Gasteiger partial charge >= 0.3 is 0 Å². The Balaban J connectivity index is 1.13. The van der Waals surface area contributed by atoms with Crippen LogP contribution in [0.1, 0.15) is 69.9 Å². The summed E-state index contributed by atoms with van der Waals surface area (Å²) in [6, 6.07) is 14.9. The van der Waals surface area contributed by atoms with E-state index in [-0.39, 0.29) is 22.7 Å². The maximum Gasteiger partial charge on any atom is 0.228 e. The van der Waals surface area contributed by atoms with Crippen LogP contribution in [0.2, 0.25) is 0 Å². The summed E-state index contributed by atoms with van der Waals surface area (Å²) in [6.07, 6.45) is 7.46. The summed E-state index contributed by atoms with van der Waals surface area (Å²) in [5.74, 6) is 2.30. The molecule has 5 aliphatic rings. The van der Waals surface area contributed by atoms with Crippen molar-refractivity contribution in [1.29, 1.82) is 0 Å². The summed E-state index contributed by atoms with van der Waals surface area (Å²) >= 11 is 0. The summed E-state index contributed by atoms with van der Waals surface area (Å²) in [4.78, 5) is 31.0. The molecule has 0 bridgehead atoms. The van der Waals surface area contributed by atoms with Crippen LogP contribution in [-0.4, -0.2) is 23.9 Å². The molecule has 4 aliphatic carbocycles. The molecule has 36 heavy (non-hydrogen) atoms. The number of hydrogen-bond acceptors (Lipinski definition) is 3. The van der Waals surface area contributed by atoms with E-state index in [4.69, 9.17) is 4.99 Å². The molecule has 1 unspecified atom stereocenters. The van der Waals surface area contributed by atoms with E-state index in [9.17, 15) is 9.59 Å².